The van der Waals surface area contributed by atoms with E-state index in [1.54, 1.807) is 36.7 Å². The van der Waals surface area contributed by atoms with E-state index in [-0.39, 0.29) is 18.0 Å². The largest absolute Gasteiger partial charge is 0.424 e. The summed E-state index contributed by atoms with van der Waals surface area (Å²) in [4.78, 5) is 30.0. The van der Waals surface area contributed by atoms with Crippen LogP contribution in [0.5, 0.6) is 0 Å². The minimum atomic E-state index is -0.356. The third-order valence-corrected chi connectivity index (χ3v) is 4.55. The number of rotatable bonds is 5. The van der Waals surface area contributed by atoms with Gasteiger partial charge in [0.1, 0.15) is 0 Å². The van der Waals surface area contributed by atoms with Crippen LogP contribution in [-0.2, 0) is 13.1 Å². The van der Waals surface area contributed by atoms with Gasteiger partial charge < -0.3 is 14.3 Å². The van der Waals surface area contributed by atoms with E-state index in [1.807, 2.05) is 30.3 Å². The van der Waals surface area contributed by atoms with E-state index in [1.165, 1.54) is 0 Å². The van der Waals surface area contributed by atoms with Crippen molar-refractivity contribution in [1.82, 2.24) is 25.1 Å². The number of benzene rings is 1. The Morgan fingerprint density at radius 1 is 1.14 bits per heavy atom. The highest BCUT2D eigenvalue weighted by molar-refractivity contribution is 5.98. The Hall–Kier alpha value is -3.81. The molecule has 0 aliphatic rings. The Labute approximate surface area is 166 Å². The molecule has 8 heteroatoms. The van der Waals surface area contributed by atoms with Crippen molar-refractivity contribution in [2.75, 3.05) is 0 Å². The number of hydrogen-bond donors (Lipinski definition) is 1. The fourth-order valence-corrected chi connectivity index (χ4v) is 3.10. The molecule has 146 valence electrons. The molecular weight excluding hydrogens is 370 g/mol. The molecule has 1 N–H and O–H groups in total. The number of fused-ring (bicyclic) bond motifs is 1. The SMILES string of the molecule is Cc1nnc(CNC(=O)c2cc3c(=O)n(Cc4ccccc4)ccc3nc2C)o1. The summed E-state index contributed by atoms with van der Waals surface area (Å²) in [5.41, 5.74) is 2.25. The van der Waals surface area contributed by atoms with Crippen LogP contribution in [0.15, 0.2) is 57.9 Å². The topological polar surface area (TPSA) is 103 Å². The maximum absolute atomic E-state index is 13.0. The average molecular weight is 389 g/mol. The number of nitrogens with zero attached hydrogens (tertiary/aromatic N) is 4. The number of aryl methyl sites for hydroxylation is 2. The summed E-state index contributed by atoms with van der Waals surface area (Å²) in [6, 6.07) is 13.1. The summed E-state index contributed by atoms with van der Waals surface area (Å²) in [5, 5.41) is 10.7. The zero-order valence-electron chi connectivity index (χ0n) is 16.0. The van der Waals surface area contributed by atoms with Gasteiger partial charge in [-0.3, -0.25) is 14.6 Å². The van der Waals surface area contributed by atoms with Gasteiger partial charge in [-0.15, -0.1) is 10.2 Å². The van der Waals surface area contributed by atoms with Crippen LogP contribution in [0.1, 0.15) is 33.4 Å². The summed E-state index contributed by atoms with van der Waals surface area (Å²) in [5.74, 6) is 0.384. The van der Waals surface area contributed by atoms with Crippen LogP contribution in [0.3, 0.4) is 0 Å². The lowest BCUT2D eigenvalue weighted by molar-refractivity contribution is 0.0946. The first-order chi connectivity index (χ1) is 14.0. The van der Waals surface area contributed by atoms with Gasteiger partial charge in [0.15, 0.2) is 0 Å². The summed E-state index contributed by atoms with van der Waals surface area (Å²) in [6.07, 6.45) is 1.72. The summed E-state index contributed by atoms with van der Waals surface area (Å²) >= 11 is 0. The second-order valence-electron chi connectivity index (χ2n) is 6.69. The van der Waals surface area contributed by atoms with E-state index in [0.717, 1.165) is 5.56 Å². The predicted octanol–water partition coefficient (Wildman–Crippen LogP) is 2.37. The van der Waals surface area contributed by atoms with Gasteiger partial charge in [0.2, 0.25) is 11.8 Å². The molecule has 3 aromatic heterocycles. The molecule has 3 heterocycles. The van der Waals surface area contributed by atoms with Gasteiger partial charge >= 0.3 is 0 Å². The number of pyridine rings is 2. The van der Waals surface area contributed by atoms with Crippen molar-refractivity contribution < 1.29 is 9.21 Å². The van der Waals surface area contributed by atoms with Gasteiger partial charge in [-0.2, -0.15) is 0 Å². The molecule has 4 rings (SSSR count). The number of carbonyl (C=O) groups excluding carboxylic acids is 1. The highest BCUT2D eigenvalue weighted by Gasteiger charge is 2.15. The molecule has 0 saturated heterocycles. The normalized spacial score (nSPS) is 11.0. The fraction of sp³-hybridized carbons (Fsp3) is 0.190. The first kappa shape index (κ1) is 18.5. The summed E-state index contributed by atoms with van der Waals surface area (Å²) < 4.78 is 6.86. The molecule has 0 spiro atoms. The number of amides is 1. The van der Waals surface area contributed by atoms with Crippen LogP contribution >= 0.6 is 0 Å². The molecule has 0 radical (unpaired) electrons. The molecule has 0 aliphatic heterocycles. The Bertz CT molecular complexity index is 1240. The maximum Gasteiger partial charge on any atom is 0.260 e. The van der Waals surface area contributed by atoms with Crippen LogP contribution in [-0.4, -0.2) is 25.7 Å². The van der Waals surface area contributed by atoms with Gasteiger partial charge in [-0.25, -0.2) is 0 Å². The molecule has 0 atom stereocenters. The molecule has 0 unspecified atom stereocenters. The van der Waals surface area contributed by atoms with Crippen molar-refractivity contribution in [3.05, 3.63) is 87.6 Å². The monoisotopic (exact) mass is 389 g/mol. The van der Waals surface area contributed by atoms with Crippen molar-refractivity contribution in [2.45, 2.75) is 26.9 Å². The smallest absolute Gasteiger partial charge is 0.260 e. The maximum atomic E-state index is 13.0. The van der Waals surface area contributed by atoms with E-state index in [4.69, 9.17) is 4.42 Å². The van der Waals surface area contributed by atoms with Crippen molar-refractivity contribution in [3.8, 4) is 0 Å². The van der Waals surface area contributed by atoms with Gasteiger partial charge in [0.25, 0.3) is 11.5 Å². The van der Waals surface area contributed by atoms with E-state index in [0.29, 0.717) is 40.5 Å². The van der Waals surface area contributed by atoms with Crippen molar-refractivity contribution in [3.63, 3.8) is 0 Å². The first-order valence-electron chi connectivity index (χ1n) is 9.13. The Balaban J connectivity index is 1.64. The highest BCUT2D eigenvalue weighted by atomic mass is 16.4. The fourth-order valence-electron chi connectivity index (χ4n) is 3.10. The Kier molecular flexibility index (Phi) is 4.90. The lowest BCUT2D eigenvalue weighted by atomic mass is 10.1. The molecular formula is C21H19N5O3. The third kappa shape index (κ3) is 3.91. The first-order valence-corrected chi connectivity index (χ1v) is 9.13. The van der Waals surface area contributed by atoms with Crippen LogP contribution in [0.25, 0.3) is 10.9 Å². The molecule has 8 nitrogen and oxygen atoms in total. The van der Waals surface area contributed by atoms with E-state index < -0.39 is 0 Å². The van der Waals surface area contributed by atoms with Crippen LogP contribution in [0, 0.1) is 13.8 Å². The van der Waals surface area contributed by atoms with Crippen molar-refractivity contribution in [2.24, 2.45) is 0 Å². The van der Waals surface area contributed by atoms with E-state index >= 15 is 0 Å². The van der Waals surface area contributed by atoms with Gasteiger partial charge in [-0.1, -0.05) is 30.3 Å². The summed E-state index contributed by atoms with van der Waals surface area (Å²) in [7, 11) is 0. The quantitative estimate of drug-likeness (QED) is 0.562. The Morgan fingerprint density at radius 3 is 2.66 bits per heavy atom. The summed E-state index contributed by atoms with van der Waals surface area (Å²) in [6.45, 7) is 3.96. The number of hydrogen-bond acceptors (Lipinski definition) is 6. The molecule has 1 aromatic carbocycles. The zero-order valence-corrected chi connectivity index (χ0v) is 16.0. The molecule has 4 aromatic rings. The average Bonchev–Trinajstić information content (AvgIpc) is 3.14. The molecule has 0 saturated carbocycles. The standard InChI is InChI=1S/C21H19N5O3/c1-13-16(20(27)22-11-19-25-24-14(2)29-19)10-17-18(23-13)8-9-26(21(17)28)12-15-6-4-3-5-7-15/h3-10H,11-12H2,1-2H3,(H,22,27). The highest BCUT2D eigenvalue weighted by Crippen LogP contribution is 2.14. The van der Waals surface area contributed by atoms with Crippen LogP contribution in [0.4, 0.5) is 0 Å². The van der Waals surface area contributed by atoms with Crippen LogP contribution < -0.4 is 10.9 Å². The van der Waals surface area contributed by atoms with Gasteiger partial charge in [0, 0.05) is 13.1 Å². The van der Waals surface area contributed by atoms with Crippen molar-refractivity contribution >= 4 is 16.8 Å². The number of aromatic nitrogens is 4. The Morgan fingerprint density at radius 2 is 1.93 bits per heavy atom. The third-order valence-electron chi connectivity index (χ3n) is 4.55. The molecule has 0 bridgehead atoms. The van der Waals surface area contributed by atoms with Crippen molar-refractivity contribution in [1.29, 1.82) is 0 Å². The molecule has 1 amide bonds. The lowest BCUT2D eigenvalue weighted by Gasteiger charge is -2.10. The van der Waals surface area contributed by atoms with Crippen LogP contribution in [0.2, 0.25) is 0 Å². The number of nitrogens with one attached hydrogen (secondary N) is 1. The molecule has 29 heavy (non-hydrogen) atoms. The minimum Gasteiger partial charge on any atom is -0.424 e. The zero-order chi connectivity index (χ0) is 20.4. The lowest BCUT2D eigenvalue weighted by Crippen LogP contribution is -2.25. The minimum absolute atomic E-state index is 0.101. The van der Waals surface area contributed by atoms with E-state index in [2.05, 4.69) is 20.5 Å². The number of carbonyl (C=O) groups is 1. The van der Waals surface area contributed by atoms with E-state index in [9.17, 15) is 9.59 Å². The molecule has 0 aliphatic carbocycles. The van der Waals surface area contributed by atoms with Gasteiger partial charge in [-0.05, 0) is 24.6 Å². The second-order valence-corrected chi connectivity index (χ2v) is 6.69. The molecule has 0 fully saturated rings. The predicted molar refractivity (Wildman–Crippen MR) is 106 cm³/mol. The second kappa shape index (κ2) is 7.67. The van der Waals surface area contributed by atoms with Gasteiger partial charge in [0.05, 0.1) is 35.2 Å².